The van der Waals surface area contributed by atoms with Crippen LogP contribution in [-0.2, 0) is 6.42 Å². The molecule has 0 saturated carbocycles. The SMILES string of the molecule is CCN(CC1CCCN1)C(C)CCc1ccc(OC)cc1. The molecule has 0 aliphatic carbocycles. The summed E-state index contributed by atoms with van der Waals surface area (Å²) < 4.78 is 5.21. The number of likely N-dealkylation sites (N-methyl/N-ethyl adjacent to an activating group) is 1. The second kappa shape index (κ2) is 8.40. The Labute approximate surface area is 129 Å². The maximum Gasteiger partial charge on any atom is 0.118 e. The molecule has 1 fully saturated rings. The zero-order valence-electron chi connectivity index (χ0n) is 13.8. The summed E-state index contributed by atoms with van der Waals surface area (Å²) in [5.41, 5.74) is 1.40. The number of ether oxygens (including phenoxy) is 1. The van der Waals surface area contributed by atoms with E-state index in [4.69, 9.17) is 4.74 Å². The molecule has 2 atom stereocenters. The van der Waals surface area contributed by atoms with Crippen LogP contribution in [-0.4, -0.2) is 43.7 Å². The zero-order chi connectivity index (χ0) is 15.1. The fraction of sp³-hybridized carbons (Fsp3) is 0.667. The van der Waals surface area contributed by atoms with Crippen LogP contribution in [0.5, 0.6) is 5.75 Å². The number of nitrogens with zero attached hydrogens (tertiary/aromatic N) is 1. The first-order chi connectivity index (χ1) is 10.2. The summed E-state index contributed by atoms with van der Waals surface area (Å²) in [5.74, 6) is 0.939. The van der Waals surface area contributed by atoms with Crippen LogP contribution in [0.3, 0.4) is 0 Å². The zero-order valence-corrected chi connectivity index (χ0v) is 13.8. The van der Waals surface area contributed by atoms with Crippen molar-refractivity contribution in [3.63, 3.8) is 0 Å². The Kier molecular flexibility index (Phi) is 6.52. The minimum atomic E-state index is 0.638. The Morgan fingerprint density at radius 1 is 1.33 bits per heavy atom. The van der Waals surface area contributed by atoms with Crippen LogP contribution in [0.2, 0.25) is 0 Å². The van der Waals surface area contributed by atoms with Crippen LogP contribution in [0.4, 0.5) is 0 Å². The van der Waals surface area contributed by atoms with E-state index < -0.39 is 0 Å². The molecule has 0 bridgehead atoms. The molecule has 1 aliphatic heterocycles. The van der Waals surface area contributed by atoms with Gasteiger partial charge in [-0.2, -0.15) is 0 Å². The summed E-state index contributed by atoms with van der Waals surface area (Å²) in [7, 11) is 1.72. The van der Waals surface area contributed by atoms with Gasteiger partial charge >= 0.3 is 0 Å². The van der Waals surface area contributed by atoms with Crippen molar-refractivity contribution in [3.8, 4) is 5.75 Å². The monoisotopic (exact) mass is 290 g/mol. The van der Waals surface area contributed by atoms with Crippen LogP contribution >= 0.6 is 0 Å². The summed E-state index contributed by atoms with van der Waals surface area (Å²) >= 11 is 0. The largest absolute Gasteiger partial charge is 0.497 e. The molecular formula is C18H30N2O. The Morgan fingerprint density at radius 2 is 2.10 bits per heavy atom. The molecule has 0 amide bonds. The average Bonchev–Trinajstić information content (AvgIpc) is 3.03. The molecule has 0 aromatic heterocycles. The number of hydrogen-bond acceptors (Lipinski definition) is 3. The first-order valence-electron chi connectivity index (χ1n) is 8.33. The van der Waals surface area contributed by atoms with E-state index in [0.717, 1.165) is 18.7 Å². The Hall–Kier alpha value is -1.06. The van der Waals surface area contributed by atoms with E-state index in [1.807, 2.05) is 0 Å². The molecule has 1 aliphatic rings. The fourth-order valence-electron chi connectivity index (χ4n) is 3.17. The van der Waals surface area contributed by atoms with Crippen LogP contribution in [0.15, 0.2) is 24.3 Å². The van der Waals surface area contributed by atoms with Gasteiger partial charge in [0.2, 0.25) is 0 Å². The molecule has 2 unspecified atom stereocenters. The highest BCUT2D eigenvalue weighted by molar-refractivity contribution is 5.27. The van der Waals surface area contributed by atoms with E-state index in [-0.39, 0.29) is 0 Å². The van der Waals surface area contributed by atoms with Crippen molar-refractivity contribution in [2.24, 2.45) is 0 Å². The predicted octanol–water partition coefficient (Wildman–Crippen LogP) is 3.09. The molecule has 0 spiro atoms. The van der Waals surface area contributed by atoms with Crippen molar-refractivity contribution in [1.82, 2.24) is 10.2 Å². The van der Waals surface area contributed by atoms with E-state index in [0.29, 0.717) is 12.1 Å². The predicted molar refractivity (Wildman–Crippen MR) is 89.0 cm³/mol. The summed E-state index contributed by atoms with van der Waals surface area (Å²) in [5, 5.41) is 3.61. The number of aryl methyl sites for hydroxylation is 1. The molecule has 3 heteroatoms. The Bertz CT molecular complexity index is 398. The molecule has 0 radical (unpaired) electrons. The van der Waals surface area contributed by atoms with Crippen LogP contribution in [0.25, 0.3) is 0 Å². The number of hydrogen-bond donors (Lipinski definition) is 1. The van der Waals surface area contributed by atoms with Crippen molar-refractivity contribution < 1.29 is 4.74 Å². The summed E-state index contributed by atoms with van der Waals surface area (Å²) in [6.07, 6.45) is 5.02. The molecule has 2 rings (SSSR count). The second-order valence-electron chi connectivity index (χ2n) is 6.12. The molecule has 1 saturated heterocycles. The van der Waals surface area contributed by atoms with Gasteiger partial charge in [-0.25, -0.2) is 0 Å². The topological polar surface area (TPSA) is 24.5 Å². The minimum absolute atomic E-state index is 0.638. The van der Waals surface area contributed by atoms with Gasteiger partial charge in [-0.3, -0.25) is 4.90 Å². The number of methoxy groups -OCH3 is 1. The maximum absolute atomic E-state index is 5.21. The quantitative estimate of drug-likeness (QED) is 0.796. The molecule has 1 N–H and O–H groups in total. The van der Waals surface area contributed by atoms with Crippen molar-refractivity contribution in [3.05, 3.63) is 29.8 Å². The van der Waals surface area contributed by atoms with Gasteiger partial charge in [0, 0.05) is 18.6 Å². The highest BCUT2D eigenvalue weighted by Crippen LogP contribution is 2.16. The lowest BCUT2D eigenvalue weighted by Gasteiger charge is -2.30. The van der Waals surface area contributed by atoms with Gasteiger partial charge in [-0.1, -0.05) is 19.1 Å². The van der Waals surface area contributed by atoms with Gasteiger partial charge in [0.15, 0.2) is 0 Å². The third kappa shape index (κ3) is 5.01. The molecule has 3 nitrogen and oxygen atoms in total. The van der Waals surface area contributed by atoms with Gasteiger partial charge in [0.05, 0.1) is 7.11 Å². The molecule has 1 aromatic rings. The van der Waals surface area contributed by atoms with E-state index >= 15 is 0 Å². The smallest absolute Gasteiger partial charge is 0.118 e. The first kappa shape index (κ1) is 16.3. The standard InChI is InChI=1S/C18H30N2O/c1-4-20(14-17-6-5-13-19-17)15(2)7-8-16-9-11-18(21-3)12-10-16/h9-12,15,17,19H,4-8,13-14H2,1-3H3. The molecule has 21 heavy (non-hydrogen) atoms. The van der Waals surface area contributed by atoms with Gasteiger partial charge in [-0.15, -0.1) is 0 Å². The molecule has 1 aromatic carbocycles. The number of rotatable bonds is 8. The van der Waals surface area contributed by atoms with Gasteiger partial charge < -0.3 is 10.1 Å². The normalized spacial score (nSPS) is 19.9. The lowest BCUT2D eigenvalue weighted by molar-refractivity contribution is 0.192. The van der Waals surface area contributed by atoms with Crippen molar-refractivity contribution in [2.75, 3.05) is 26.7 Å². The molecule has 1 heterocycles. The lowest BCUT2D eigenvalue weighted by atomic mass is 10.0. The van der Waals surface area contributed by atoms with E-state index in [1.165, 1.54) is 37.9 Å². The van der Waals surface area contributed by atoms with Crippen molar-refractivity contribution in [2.45, 2.75) is 51.6 Å². The van der Waals surface area contributed by atoms with Crippen LogP contribution in [0.1, 0.15) is 38.7 Å². The Balaban J connectivity index is 1.79. The highest BCUT2D eigenvalue weighted by atomic mass is 16.5. The van der Waals surface area contributed by atoms with E-state index in [2.05, 4.69) is 48.3 Å². The molecular weight excluding hydrogens is 260 g/mol. The average molecular weight is 290 g/mol. The van der Waals surface area contributed by atoms with Crippen molar-refractivity contribution in [1.29, 1.82) is 0 Å². The highest BCUT2D eigenvalue weighted by Gasteiger charge is 2.20. The maximum atomic E-state index is 5.21. The summed E-state index contributed by atoms with van der Waals surface area (Å²) in [6, 6.07) is 9.81. The number of benzene rings is 1. The minimum Gasteiger partial charge on any atom is -0.497 e. The Morgan fingerprint density at radius 3 is 2.67 bits per heavy atom. The lowest BCUT2D eigenvalue weighted by Crippen LogP contribution is -2.42. The van der Waals surface area contributed by atoms with E-state index in [1.54, 1.807) is 7.11 Å². The van der Waals surface area contributed by atoms with E-state index in [9.17, 15) is 0 Å². The summed E-state index contributed by atoms with van der Waals surface area (Å²) in [4.78, 5) is 2.62. The first-order valence-corrected chi connectivity index (χ1v) is 8.33. The van der Waals surface area contributed by atoms with Crippen LogP contribution < -0.4 is 10.1 Å². The van der Waals surface area contributed by atoms with Crippen molar-refractivity contribution >= 4 is 0 Å². The number of nitrogens with one attached hydrogen (secondary N) is 1. The molecule has 118 valence electrons. The summed E-state index contributed by atoms with van der Waals surface area (Å²) in [6.45, 7) is 8.17. The third-order valence-electron chi connectivity index (χ3n) is 4.66. The van der Waals surface area contributed by atoms with Gasteiger partial charge in [-0.05, 0) is 63.4 Å². The van der Waals surface area contributed by atoms with Gasteiger partial charge in [0.25, 0.3) is 0 Å². The fourth-order valence-corrected chi connectivity index (χ4v) is 3.17. The third-order valence-corrected chi connectivity index (χ3v) is 4.66. The van der Waals surface area contributed by atoms with Crippen LogP contribution in [0, 0.1) is 0 Å². The van der Waals surface area contributed by atoms with Gasteiger partial charge in [0.1, 0.15) is 5.75 Å². The second-order valence-corrected chi connectivity index (χ2v) is 6.12.